The number of anilines is 1. The maximum absolute atomic E-state index is 13.4. The van der Waals surface area contributed by atoms with E-state index in [1.807, 2.05) is 85.3 Å². The Morgan fingerprint density at radius 3 is 2.68 bits per heavy atom. The van der Waals surface area contributed by atoms with E-state index in [1.165, 1.54) is 6.33 Å². The molecule has 0 bridgehead atoms. The van der Waals surface area contributed by atoms with Crippen LogP contribution >= 0.6 is 0 Å². The molecule has 2 atom stereocenters. The average molecular weight is 633 g/mol. The van der Waals surface area contributed by atoms with E-state index in [0.717, 1.165) is 52.1 Å². The highest BCUT2D eigenvalue weighted by Crippen LogP contribution is 2.37. The van der Waals surface area contributed by atoms with Crippen LogP contribution in [-0.4, -0.2) is 66.6 Å². The Labute approximate surface area is 271 Å². The number of nitrogen functional groups attached to an aromatic ring is 1. The van der Waals surface area contributed by atoms with Gasteiger partial charge in [-0.3, -0.25) is 0 Å². The van der Waals surface area contributed by atoms with Gasteiger partial charge in [0.1, 0.15) is 30.3 Å². The lowest BCUT2D eigenvalue weighted by Crippen LogP contribution is -2.48. The molecule has 2 N–H and O–H groups in total. The standard InChI is InChI=1S/C35H36N8O4/c1-22-15-25(11-14-30(22)47-27-12-13-29-28(16-27)39-21-41(29)2)43-34-31(33(36)37-20-38-34)32(40-43)24-9-10-26(19-45-3)42(17-24)35(44)46-18-23-7-5-4-6-8-23/h4-8,11-16,20-21,24,26H,9-10,17-19H2,1-3H3,(H2,36,37,38). The molecule has 4 heterocycles. The molecular formula is C35H36N8O4. The topological polar surface area (TPSA) is 135 Å². The summed E-state index contributed by atoms with van der Waals surface area (Å²) in [6, 6.07) is 21.3. The number of carbonyl (C=O) groups is 1. The van der Waals surface area contributed by atoms with Crippen LogP contribution in [0.4, 0.5) is 10.6 Å². The molecule has 0 aliphatic carbocycles. The van der Waals surface area contributed by atoms with Gasteiger partial charge in [0.05, 0.1) is 46.8 Å². The van der Waals surface area contributed by atoms with Crippen molar-refractivity contribution in [3.63, 3.8) is 0 Å². The van der Waals surface area contributed by atoms with E-state index in [-0.39, 0.29) is 24.7 Å². The Bertz CT molecular complexity index is 2060. The number of ether oxygens (including phenoxy) is 3. The summed E-state index contributed by atoms with van der Waals surface area (Å²) in [5, 5.41) is 5.75. The molecule has 1 aliphatic rings. The summed E-state index contributed by atoms with van der Waals surface area (Å²) >= 11 is 0. The molecule has 1 fully saturated rings. The number of piperidine rings is 1. The molecule has 12 heteroatoms. The molecule has 3 aromatic carbocycles. The zero-order chi connectivity index (χ0) is 32.5. The fraction of sp³-hybridized carbons (Fsp3) is 0.286. The van der Waals surface area contributed by atoms with E-state index in [0.29, 0.717) is 35.8 Å². The summed E-state index contributed by atoms with van der Waals surface area (Å²) in [7, 11) is 3.61. The molecule has 7 rings (SSSR count). The van der Waals surface area contributed by atoms with Crippen molar-refractivity contribution in [1.29, 1.82) is 0 Å². The second kappa shape index (κ2) is 12.7. The molecule has 240 valence electrons. The number of hydrogen-bond donors (Lipinski definition) is 1. The predicted octanol–water partition coefficient (Wildman–Crippen LogP) is 5.92. The molecule has 47 heavy (non-hydrogen) atoms. The lowest BCUT2D eigenvalue weighted by atomic mass is 9.89. The van der Waals surface area contributed by atoms with Gasteiger partial charge in [-0.1, -0.05) is 30.3 Å². The Morgan fingerprint density at radius 1 is 1.02 bits per heavy atom. The van der Waals surface area contributed by atoms with Crippen molar-refractivity contribution in [2.45, 2.75) is 38.3 Å². The smallest absolute Gasteiger partial charge is 0.410 e. The molecule has 6 aromatic rings. The van der Waals surface area contributed by atoms with E-state index < -0.39 is 0 Å². The minimum Gasteiger partial charge on any atom is -0.457 e. The monoisotopic (exact) mass is 632 g/mol. The molecule has 1 saturated heterocycles. The van der Waals surface area contributed by atoms with Crippen LogP contribution in [-0.2, 0) is 23.1 Å². The van der Waals surface area contributed by atoms with Crippen LogP contribution in [0.25, 0.3) is 27.8 Å². The van der Waals surface area contributed by atoms with E-state index >= 15 is 0 Å². The Morgan fingerprint density at radius 2 is 1.87 bits per heavy atom. The number of carbonyl (C=O) groups excluding carboxylic acids is 1. The van der Waals surface area contributed by atoms with Crippen molar-refractivity contribution in [2.24, 2.45) is 7.05 Å². The van der Waals surface area contributed by atoms with Gasteiger partial charge in [0.15, 0.2) is 5.65 Å². The maximum Gasteiger partial charge on any atom is 0.410 e. The Balaban J connectivity index is 1.17. The van der Waals surface area contributed by atoms with E-state index in [1.54, 1.807) is 23.0 Å². The second-order valence-electron chi connectivity index (χ2n) is 11.9. The SMILES string of the molecule is COCC1CCC(c2nn(-c3ccc(Oc4ccc5c(c4)ncn5C)c(C)c3)c3ncnc(N)c23)CN1C(=O)OCc1ccccc1. The maximum atomic E-state index is 13.4. The zero-order valence-corrected chi connectivity index (χ0v) is 26.5. The third-order valence-corrected chi connectivity index (χ3v) is 8.74. The normalized spacial score (nSPS) is 16.5. The number of imidazole rings is 1. The number of aryl methyl sites for hydroxylation is 2. The first-order chi connectivity index (χ1) is 22.9. The van der Waals surface area contributed by atoms with Crippen molar-refractivity contribution >= 4 is 34.0 Å². The molecule has 0 radical (unpaired) electrons. The number of amides is 1. The number of methoxy groups -OCH3 is 1. The van der Waals surface area contributed by atoms with Gasteiger partial charge >= 0.3 is 6.09 Å². The van der Waals surface area contributed by atoms with Crippen LogP contribution in [0.2, 0.25) is 0 Å². The third kappa shape index (κ3) is 5.95. The summed E-state index contributed by atoms with van der Waals surface area (Å²) in [5.41, 5.74) is 12.4. The molecule has 1 amide bonds. The van der Waals surface area contributed by atoms with Crippen LogP contribution < -0.4 is 10.5 Å². The first-order valence-corrected chi connectivity index (χ1v) is 15.5. The number of nitrogens with two attached hydrogens (primary N) is 1. The summed E-state index contributed by atoms with van der Waals surface area (Å²) in [6.07, 6.45) is 4.34. The lowest BCUT2D eigenvalue weighted by Gasteiger charge is -2.38. The highest BCUT2D eigenvalue weighted by Gasteiger charge is 2.36. The van der Waals surface area contributed by atoms with Gasteiger partial charge in [-0.05, 0) is 61.2 Å². The second-order valence-corrected chi connectivity index (χ2v) is 11.9. The van der Waals surface area contributed by atoms with Crippen LogP contribution in [0.3, 0.4) is 0 Å². The zero-order valence-electron chi connectivity index (χ0n) is 26.5. The fourth-order valence-electron chi connectivity index (χ4n) is 6.29. The quantitative estimate of drug-likeness (QED) is 0.217. The molecule has 1 aliphatic heterocycles. The van der Waals surface area contributed by atoms with Gasteiger partial charge < -0.3 is 29.4 Å². The highest BCUT2D eigenvalue weighted by molar-refractivity contribution is 5.89. The molecule has 0 saturated carbocycles. The number of benzene rings is 3. The van der Waals surface area contributed by atoms with E-state index in [9.17, 15) is 4.79 Å². The van der Waals surface area contributed by atoms with Crippen LogP contribution in [0.15, 0.2) is 79.4 Å². The summed E-state index contributed by atoms with van der Waals surface area (Å²) in [5.74, 6) is 1.65. The van der Waals surface area contributed by atoms with E-state index in [4.69, 9.17) is 25.0 Å². The van der Waals surface area contributed by atoms with Crippen LogP contribution in [0.1, 0.15) is 35.6 Å². The number of aromatic nitrogens is 6. The fourth-order valence-corrected chi connectivity index (χ4v) is 6.29. The van der Waals surface area contributed by atoms with Crippen molar-refractivity contribution < 1.29 is 19.0 Å². The van der Waals surface area contributed by atoms with Crippen molar-refractivity contribution in [3.8, 4) is 17.2 Å². The molecular weight excluding hydrogens is 596 g/mol. The highest BCUT2D eigenvalue weighted by atomic mass is 16.6. The summed E-state index contributed by atoms with van der Waals surface area (Å²) in [6.45, 7) is 2.99. The first kappa shape index (κ1) is 30.2. The minimum atomic E-state index is -0.387. The van der Waals surface area contributed by atoms with Gasteiger partial charge in [0, 0.05) is 32.7 Å². The molecule has 12 nitrogen and oxygen atoms in total. The van der Waals surface area contributed by atoms with Gasteiger partial charge in [-0.15, -0.1) is 0 Å². The number of hydrogen-bond acceptors (Lipinski definition) is 9. The van der Waals surface area contributed by atoms with Crippen molar-refractivity contribution in [3.05, 3.63) is 96.2 Å². The molecule has 2 unspecified atom stereocenters. The van der Waals surface area contributed by atoms with Gasteiger partial charge in [0.2, 0.25) is 0 Å². The van der Waals surface area contributed by atoms with Crippen LogP contribution in [0.5, 0.6) is 11.5 Å². The molecule has 3 aromatic heterocycles. The van der Waals surface area contributed by atoms with Gasteiger partial charge in [-0.2, -0.15) is 5.10 Å². The van der Waals surface area contributed by atoms with E-state index in [2.05, 4.69) is 15.0 Å². The van der Waals surface area contributed by atoms with Crippen molar-refractivity contribution in [1.82, 2.24) is 34.2 Å². The number of likely N-dealkylation sites (tertiary alicyclic amines) is 1. The first-order valence-electron chi connectivity index (χ1n) is 15.5. The Hall–Kier alpha value is -5.49. The van der Waals surface area contributed by atoms with Gasteiger partial charge in [0.25, 0.3) is 0 Å². The predicted molar refractivity (Wildman–Crippen MR) is 178 cm³/mol. The summed E-state index contributed by atoms with van der Waals surface area (Å²) < 4.78 is 21.2. The van der Waals surface area contributed by atoms with Gasteiger partial charge in [-0.25, -0.2) is 24.4 Å². The minimum absolute atomic E-state index is 0.116. The third-order valence-electron chi connectivity index (χ3n) is 8.74. The largest absolute Gasteiger partial charge is 0.457 e. The van der Waals surface area contributed by atoms with Crippen molar-refractivity contribution in [2.75, 3.05) is 26.0 Å². The molecule has 0 spiro atoms. The summed E-state index contributed by atoms with van der Waals surface area (Å²) in [4.78, 5) is 28.5. The lowest BCUT2D eigenvalue weighted by molar-refractivity contribution is 0.0343. The average Bonchev–Trinajstić information content (AvgIpc) is 3.66. The number of nitrogens with zero attached hydrogens (tertiary/aromatic N) is 7. The number of rotatable bonds is 8. The number of fused-ring (bicyclic) bond motifs is 2. The van der Waals surface area contributed by atoms with Crippen LogP contribution in [0, 0.1) is 6.92 Å². The Kier molecular flexibility index (Phi) is 8.17.